The fourth-order valence-corrected chi connectivity index (χ4v) is 2.74. The lowest BCUT2D eigenvalue weighted by Crippen LogP contribution is -2.35. The van der Waals surface area contributed by atoms with Gasteiger partial charge in [0.15, 0.2) is 11.5 Å². The van der Waals surface area contributed by atoms with Crippen LogP contribution in [0.2, 0.25) is 0 Å². The van der Waals surface area contributed by atoms with E-state index in [9.17, 15) is 9.59 Å². The summed E-state index contributed by atoms with van der Waals surface area (Å²) < 4.78 is 16.0. The monoisotopic (exact) mass is 386 g/mol. The molecule has 7 heteroatoms. The topological polar surface area (TPSA) is 77.1 Å². The van der Waals surface area contributed by atoms with Gasteiger partial charge in [-0.05, 0) is 25.1 Å². The second-order valence-electron chi connectivity index (χ2n) is 6.33. The second kappa shape index (κ2) is 9.64. The third kappa shape index (κ3) is 5.16. The first kappa shape index (κ1) is 21.1. The Morgan fingerprint density at radius 1 is 0.929 bits per heavy atom. The molecule has 0 aliphatic heterocycles. The number of hydrogen-bond donors (Lipinski definition) is 1. The lowest BCUT2D eigenvalue weighted by molar-refractivity contribution is -0.132. The highest BCUT2D eigenvalue weighted by atomic mass is 16.5. The first-order chi connectivity index (χ1) is 13.4. The van der Waals surface area contributed by atoms with E-state index in [0.29, 0.717) is 28.5 Å². The minimum Gasteiger partial charge on any atom is -0.493 e. The maximum Gasteiger partial charge on any atom is 0.243 e. The number of nitrogens with zero attached hydrogens (tertiary/aromatic N) is 1. The van der Waals surface area contributed by atoms with Crippen LogP contribution in [0.15, 0.2) is 36.4 Å². The number of nitrogens with one attached hydrogen (secondary N) is 1. The summed E-state index contributed by atoms with van der Waals surface area (Å²) in [4.78, 5) is 26.2. The van der Waals surface area contributed by atoms with Gasteiger partial charge in [-0.15, -0.1) is 0 Å². The van der Waals surface area contributed by atoms with Gasteiger partial charge in [0, 0.05) is 18.3 Å². The number of likely N-dealkylation sites (N-methyl/N-ethyl adjacent to an activating group) is 1. The third-order valence-electron chi connectivity index (χ3n) is 4.27. The molecule has 0 saturated carbocycles. The van der Waals surface area contributed by atoms with Gasteiger partial charge in [-0.3, -0.25) is 9.59 Å². The fourth-order valence-electron chi connectivity index (χ4n) is 2.74. The molecule has 0 aromatic heterocycles. The van der Waals surface area contributed by atoms with Gasteiger partial charge in [-0.1, -0.05) is 23.8 Å². The molecule has 1 N–H and O–H groups in total. The van der Waals surface area contributed by atoms with Crippen molar-refractivity contribution < 1.29 is 23.8 Å². The van der Waals surface area contributed by atoms with Crippen LogP contribution in [0.4, 0.5) is 5.69 Å². The van der Waals surface area contributed by atoms with Gasteiger partial charge in [0.05, 0.1) is 34.3 Å². The van der Waals surface area contributed by atoms with E-state index in [0.717, 1.165) is 5.56 Å². The quantitative estimate of drug-likeness (QED) is 0.755. The van der Waals surface area contributed by atoms with Gasteiger partial charge in [0.25, 0.3) is 0 Å². The molecule has 0 spiro atoms. The van der Waals surface area contributed by atoms with Crippen molar-refractivity contribution in [3.8, 4) is 17.2 Å². The molecule has 0 aliphatic carbocycles. The highest BCUT2D eigenvalue weighted by molar-refractivity contribution is 5.94. The Labute approximate surface area is 165 Å². The van der Waals surface area contributed by atoms with Crippen molar-refractivity contribution in [3.05, 3.63) is 47.5 Å². The van der Waals surface area contributed by atoms with Gasteiger partial charge in [0.2, 0.25) is 17.6 Å². The molecule has 2 rings (SSSR count). The molecule has 28 heavy (non-hydrogen) atoms. The van der Waals surface area contributed by atoms with Crippen molar-refractivity contribution in [1.29, 1.82) is 0 Å². The molecule has 0 radical (unpaired) electrons. The Bertz CT molecular complexity index is 833. The smallest absolute Gasteiger partial charge is 0.243 e. The van der Waals surface area contributed by atoms with Gasteiger partial charge >= 0.3 is 0 Å². The van der Waals surface area contributed by atoms with E-state index in [1.807, 2.05) is 31.2 Å². The Balaban J connectivity index is 2.03. The molecule has 2 aromatic rings. The van der Waals surface area contributed by atoms with Gasteiger partial charge in [-0.25, -0.2) is 0 Å². The van der Waals surface area contributed by atoms with E-state index in [1.165, 1.54) is 26.2 Å². The Hall–Kier alpha value is -3.22. The van der Waals surface area contributed by atoms with Crippen LogP contribution >= 0.6 is 0 Å². The van der Waals surface area contributed by atoms with E-state index >= 15 is 0 Å². The number of methoxy groups -OCH3 is 3. The average molecular weight is 386 g/mol. The van der Waals surface area contributed by atoms with Crippen molar-refractivity contribution in [1.82, 2.24) is 4.90 Å². The van der Waals surface area contributed by atoms with Crippen molar-refractivity contribution >= 4 is 17.5 Å². The van der Waals surface area contributed by atoms with E-state index in [-0.39, 0.29) is 24.8 Å². The zero-order valence-corrected chi connectivity index (χ0v) is 16.9. The van der Waals surface area contributed by atoms with Crippen molar-refractivity contribution in [2.75, 3.05) is 40.2 Å². The summed E-state index contributed by atoms with van der Waals surface area (Å²) in [5, 5.41) is 2.78. The molecule has 0 heterocycles. The Morgan fingerprint density at radius 3 is 2.14 bits per heavy atom. The predicted octanol–water partition coefficient (Wildman–Crippen LogP) is 2.66. The maximum atomic E-state index is 12.6. The normalized spacial score (nSPS) is 10.2. The largest absolute Gasteiger partial charge is 0.493 e. The van der Waals surface area contributed by atoms with Crippen LogP contribution in [0.25, 0.3) is 0 Å². The van der Waals surface area contributed by atoms with Crippen LogP contribution in [0.5, 0.6) is 17.2 Å². The zero-order valence-electron chi connectivity index (χ0n) is 16.9. The molecule has 150 valence electrons. The molecule has 0 bridgehead atoms. The maximum absolute atomic E-state index is 12.6. The molecular formula is C21H26N2O5. The number of carbonyl (C=O) groups is 2. The summed E-state index contributed by atoms with van der Waals surface area (Å²) in [7, 11) is 6.13. The standard InChI is InChI=1S/C21H26N2O5/c1-14-6-9-16(10-7-14)22-18(24)13-23(2)19(25)12-15-8-11-17(26-3)21(28-5)20(15)27-4/h6-11H,12-13H2,1-5H3,(H,22,24). The van der Waals surface area contributed by atoms with Crippen LogP contribution in [-0.4, -0.2) is 51.6 Å². The van der Waals surface area contributed by atoms with Crippen LogP contribution in [0.1, 0.15) is 11.1 Å². The van der Waals surface area contributed by atoms with E-state index < -0.39 is 0 Å². The number of rotatable bonds is 8. The summed E-state index contributed by atoms with van der Waals surface area (Å²) >= 11 is 0. The fraction of sp³-hybridized carbons (Fsp3) is 0.333. The summed E-state index contributed by atoms with van der Waals surface area (Å²) in [6.07, 6.45) is 0.0673. The minimum absolute atomic E-state index is 0.0533. The summed E-state index contributed by atoms with van der Waals surface area (Å²) in [5.41, 5.74) is 2.45. The van der Waals surface area contributed by atoms with Crippen LogP contribution in [-0.2, 0) is 16.0 Å². The second-order valence-corrected chi connectivity index (χ2v) is 6.33. The molecule has 0 aliphatic rings. The SMILES string of the molecule is COc1ccc(CC(=O)N(C)CC(=O)Nc2ccc(C)cc2)c(OC)c1OC. The number of carbonyl (C=O) groups excluding carboxylic acids is 2. The molecule has 0 fully saturated rings. The minimum atomic E-state index is -0.265. The highest BCUT2D eigenvalue weighted by Crippen LogP contribution is 2.39. The molecular weight excluding hydrogens is 360 g/mol. The molecule has 2 amide bonds. The van der Waals surface area contributed by atoms with E-state index in [4.69, 9.17) is 14.2 Å². The highest BCUT2D eigenvalue weighted by Gasteiger charge is 2.20. The van der Waals surface area contributed by atoms with E-state index in [2.05, 4.69) is 5.32 Å². The number of amides is 2. The van der Waals surface area contributed by atoms with Gasteiger partial charge in [0.1, 0.15) is 0 Å². The lowest BCUT2D eigenvalue weighted by Gasteiger charge is -2.19. The summed E-state index contributed by atoms with van der Waals surface area (Å²) in [5.74, 6) is 0.896. The van der Waals surface area contributed by atoms with Crippen molar-refractivity contribution in [3.63, 3.8) is 0 Å². The first-order valence-corrected chi connectivity index (χ1v) is 8.78. The number of anilines is 1. The molecule has 0 atom stereocenters. The molecule has 7 nitrogen and oxygen atoms in total. The zero-order chi connectivity index (χ0) is 20.7. The number of aryl methyl sites for hydroxylation is 1. The number of benzene rings is 2. The predicted molar refractivity (Wildman–Crippen MR) is 107 cm³/mol. The third-order valence-corrected chi connectivity index (χ3v) is 4.27. The Morgan fingerprint density at radius 2 is 1.57 bits per heavy atom. The first-order valence-electron chi connectivity index (χ1n) is 8.78. The van der Waals surface area contributed by atoms with Crippen LogP contribution in [0, 0.1) is 6.92 Å². The van der Waals surface area contributed by atoms with Crippen molar-refractivity contribution in [2.24, 2.45) is 0 Å². The lowest BCUT2D eigenvalue weighted by atomic mass is 10.1. The number of hydrogen-bond acceptors (Lipinski definition) is 5. The van der Waals surface area contributed by atoms with E-state index in [1.54, 1.807) is 19.2 Å². The summed E-state index contributed by atoms with van der Waals surface area (Å²) in [6, 6.07) is 10.9. The van der Waals surface area contributed by atoms with Crippen LogP contribution < -0.4 is 19.5 Å². The van der Waals surface area contributed by atoms with Gasteiger partial charge < -0.3 is 24.4 Å². The summed E-state index contributed by atoms with van der Waals surface area (Å²) in [6.45, 7) is 1.92. The number of ether oxygens (including phenoxy) is 3. The molecule has 0 unspecified atom stereocenters. The molecule has 0 saturated heterocycles. The van der Waals surface area contributed by atoms with Crippen molar-refractivity contribution in [2.45, 2.75) is 13.3 Å². The Kier molecular flexibility index (Phi) is 7.26. The molecule has 2 aromatic carbocycles. The van der Waals surface area contributed by atoms with Crippen LogP contribution in [0.3, 0.4) is 0 Å². The van der Waals surface area contributed by atoms with Gasteiger partial charge in [-0.2, -0.15) is 0 Å². The average Bonchev–Trinajstić information content (AvgIpc) is 2.68.